The zero-order valence-corrected chi connectivity index (χ0v) is 42.3. The molecule has 20 heteroatoms. The molecule has 8 amide bonds. The van der Waals surface area contributed by atoms with Crippen molar-refractivity contribution < 1.29 is 52.6 Å². The number of imide groups is 2. The summed E-state index contributed by atoms with van der Waals surface area (Å²) in [6.07, 6.45) is 9.08. The molecule has 4 aliphatic rings. The molecule has 75 heavy (non-hydrogen) atoms. The summed E-state index contributed by atoms with van der Waals surface area (Å²) >= 11 is 0. The van der Waals surface area contributed by atoms with Gasteiger partial charge in [-0.1, -0.05) is 73.5 Å². The Morgan fingerprint density at radius 2 is 1.56 bits per heavy atom. The van der Waals surface area contributed by atoms with Gasteiger partial charge in [-0.3, -0.25) is 53.3 Å². The largest absolute Gasteiger partial charge is 0.487 e. The Balaban J connectivity index is 0.804. The number of rotatable bonds is 21. The summed E-state index contributed by atoms with van der Waals surface area (Å²) in [6, 6.07) is 18.9. The highest BCUT2D eigenvalue weighted by atomic mass is 16.6. The van der Waals surface area contributed by atoms with E-state index in [9.17, 15) is 43.2 Å². The van der Waals surface area contributed by atoms with Crippen LogP contribution in [0.3, 0.4) is 0 Å². The molecule has 8 rings (SSSR count). The molecule has 396 valence electrons. The fourth-order valence-corrected chi connectivity index (χ4v) is 10.2. The van der Waals surface area contributed by atoms with Crippen LogP contribution in [0.25, 0.3) is 0 Å². The third kappa shape index (κ3) is 13.9. The highest BCUT2D eigenvalue weighted by Gasteiger charge is 2.46. The highest BCUT2D eigenvalue weighted by molar-refractivity contribution is 6.24. The minimum absolute atomic E-state index is 0.0000512. The Bertz CT molecular complexity index is 2750. The average molecular weight is 1030 g/mol. The van der Waals surface area contributed by atoms with Crippen molar-refractivity contribution in [2.45, 2.75) is 147 Å². The normalized spacial score (nSPS) is 21.1. The Morgan fingerprint density at radius 3 is 2.35 bits per heavy atom. The SMILES string of the molecule is CCC(=O)CCCCC[C@@H]1NC(=O)[C@H]2CCCN2C(=O)[C@H](Cc2ccc(OCc3cn(CCCCNC(=O)Oc4cccc5c4C(=O)N(C4CCC(=O)NC4=O)C5=O)nn3)cc2)CC[C@H](Cc2ccccc2)NC1=O. The number of aryl methyl sites for hydroxylation is 1. The number of carbonyl (C=O) groups excluding carboxylic acids is 9. The van der Waals surface area contributed by atoms with Gasteiger partial charge in [0.1, 0.15) is 47.7 Å². The number of ketones is 1. The molecule has 4 aliphatic heterocycles. The molecule has 1 unspecified atom stereocenters. The number of nitrogens with one attached hydrogen (secondary N) is 4. The summed E-state index contributed by atoms with van der Waals surface area (Å²) in [5.41, 5.74) is 2.47. The molecule has 1 aromatic heterocycles. The fraction of sp³-hybridized carbons (Fsp3) is 0.473. The van der Waals surface area contributed by atoms with E-state index in [1.54, 1.807) is 15.8 Å². The second kappa shape index (κ2) is 25.4. The molecule has 20 nitrogen and oxygen atoms in total. The van der Waals surface area contributed by atoms with Gasteiger partial charge in [0.15, 0.2) is 0 Å². The third-order valence-electron chi connectivity index (χ3n) is 14.3. The monoisotopic (exact) mass is 1030 g/mol. The van der Waals surface area contributed by atoms with Crippen molar-refractivity contribution in [3.63, 3.8) is 0 Å². The van der Waals surface area contributed by atoms with E-state index in [1.807, 2.05) is 61.5 Å². The summed E-state index contributed by atoms with van der Waals surface area (Å²) in [5.74, 6) is -3.04. The number of piperidine rings is 1. The average Bonchev–Trinajstić information content (AvgIpc) is 4.16. The number of benzene rings is 3. The van der Waals surface area contributed by atoms with Crippen LogP contribution in [-0.4, -0.2) is 115 Å². The number of hydrogen-bond acceptors (Lipinski definition) is 13. The van der Waals surface area contributed by atoms with Crippen LogP contribution < -0.4 is 30.7 Å². The zero-order chi connectivity index (χ0) is 52.8. The molecule has 0 aliphatic carbocycles. The molecular formula is C55H65N9O11. The molecular weight excluding hydrogens is 963 g/mol. The maximum absolute atomic E-state index is 14.5. The first kappa shape index (κ1) is 53.5. The van der Waals surface area contributed by atoms with E-state index < -0.39 is 53.8 Å². The Labute approximate surface area is 435 Å². The first-order chi connectivity index (χ1) is 36.3. The summed E-state index contributed by atoms with van der Waals surface area (Å²) < 4.78 is 13.2. The number of aromatic nitrogens is 3. The summed E-state index contributed by atoms with van der Waals surface area (Å²) in [7, 11) is 0. The van der Waals surface area contributed by atoms with Gasteiger partial charge in [0, 0.05) is 50.9 Å². The maximum atomic E-state index is 14.5. The number of Topliss-reactive ketones (excluding diaryl/α,β-unsaturated/α-hetero) is 1. The van der Waals surface area contributed by atoms with Gasteiger partial charge in [0.25, 0.3) is 11.8 Å². The quantitative estimate of drug-likeness (QED) is 0.0640. The number of amides is 8. The van der Waals surface area contributed by atoms with Crippen molar-refractivity contribution in [1.29, 1.82) is 0 Å². The van der Waals surface area contributed by atoms with Gasteiger partial charge in [-0.25, -0.2) is 4.79 Å². The van der Waals surface area contributed by atoms with Crippen molar-refractivity contribution in [3.8, 4) is 11.5 Å². The van der Waals surface area contributed by atoms with E-state index >= 15 is 0 Å². The second-order valence-electron chi connectivity index (χ2n) is 19.7. The number of carbonyl (C=O) groups is 9. The topological polar surface area (TPSA) is 257 Å². The van der Waals surface area contributed by atoms with Crippen LogP contribution in [0.2, 0.25) is 0 Å². The molecule has 3 saturated heterocycles. The van der Waals surface area contributed by atoms with E-state index in [2.05, 4.69) is 31.6 Å². The van der Waals surface area contributed by atoms with Crippen molar-refractivity contribution in [2.24, 2.45) is 5.92 Å². The smallest absolute Gasteiger partial charge is 0.412 e. The minimum Gasteiger partial charge on any atom is -0.487 e. The molecule has 3 fully saturated rings. The predicted molar refractivity (Wildman–Crippen MR) is 271 cm³/mol. The van der Waals surface area contributed by atoms with Crippen LogP contribution in [0.15, 0.2) is 79.0 Å². The lowest BCUT2D eigenvalue weighted by atomic mass is 9.89. The molecule has 0 saturated carbocycles. The first-order valence-electron chi connectivity index (χ1n) is 26.2. The zero-order valence-electron chi connectivity index (χ0n) is 42.3. The van der Waals surface area contributed by atoms with E-state index in [0.29, 0.717) is 102 Å². The minimum atomic E-state index is -1.15. The lowest BCUT2D eigenvalue weighted by Crippen LogP contribution is -2.56. The fourth-order valence-electron chi connectivity index (χ4n) is 10.2. The second-order valence-corrected chi connectivity index (χ2v) is 19.7. The van der Waals surface area contributed by atoms with Crippen molar-refractivity contribution in [3.05, 3.63) is 107 Å². The van der Waals surface area contributed by atoms with Gasteiger partial charge in [-0.05, 0) is 106 Å². The lowest BCUT2D eigenvalue weighted by molar-refractivity contribution is -0.143. The van der Waals surface area contributed by atoms with Gasteiger partial charge in [0.05, 0.1) is 17.3 Å². The Hall–Kier alpha value is -7.77. The molecule has 4 aromatic rings. The number of hydrogen-bond donors (Lipinski definition) is 4. The summed E-state index contributed by atoms with van der Waals surface area (Å²) in [5, 5.41) is 19.5. The van der Waals surface area contributed by atoms with Crippen molar-refractivity contribution in [1.82, 2.24) is 46.1 Å². The third-order valence-corrected chi connectivity index (χ3v) is 14.3. The maximum Gasteiger partial charge on any atom is 0.412 e. The van der Waals surface area contributed by atoms with Gasteiger partial charge in [-0.2, -0.15) is 0 Å². The van der Waals surface area contributed by atoms with Crippen LogP contribution in [0, 0.1) is 5.92 Å². The van der Waals surface area contributed by atoms with E-state index in [4.69, 9.17) is 9.47 Å². The summed E-state index contributed by atoms with van der Waals surface area (Å²) in [6.45, 7) is 3.23. The molecule has 4 N–H and O–H groups in total. The van der Waals surface area contributed by atoms with E-state index in [-0.39, 0.29) is 72.4 Å². The predicted octanol–water partition coefficient (Wildman–Crippen LogP) is 4.91. The van der Waals surface area contributed by atoms with Crippen LogP contribution in [0.4, 0.5) is 4.79 Å². The Kier molecular flexibility index (Phi) is 18.2. The molecule has 5 heterocycles. The Morgan fingerprint density at radius 1 is 0.760 bits per heavy atom. The van der Waals surface area contributed by atoms with Gasteiger partial charge >= 0.3 is 6.09 Å². The van der Waals surface area contributed by atoms with Crippen LogP contribution in [0.1, 0.15) is 134 Å². The van der Waals surface area contributed by atoms with Crippen LogP contribution in [-0.2, 0) is 54.8 Å². The van der Waals surface area contributed by atoms with Gasteiger partial charge in [-0.15, -0.1) is 5.10 Å². The number of ether oxygens (including phenoxy) is 2. The molecule has 0 spiro atoms. The van der Waals surface area contributed by atoms with Gasteiger partial charge < -0.3 is 30.3 Å². The highest BCUT2D eigenvalue weighted by Crippen LogP contribution is 2.34. The number of unbranched alkanes of at least 4 members (excludes halogenated alkanes) is 3. The molecule has 5 atom stereocenters. The van der Waals surface area contributed by atoms with E-state index in [0.717, 1.165) is 28.9 Å². The van der Waals surface area contributed by atoms with Crippen LogP contribution in [0.5, 0.6) is 11.5 Å². The van der Waals surface area contributed by atoms with Crippen molar-refractivity contribution >= 4 is 53.2 Å². The number of fused-ring (bicyclic) bond motifs is 2. The number of nitrogens with zero attached hydrogens (tertiary/aromatic N) is 5. The van der Waals surface area contributed by atoms with Gasteiger partial charge in [0.2, 0.25) is 29.5 Å². The lowest BCUT2D eigenvalue weighted by Gasteiger charge is -2.32. The molecule has 0 bridgehead atoms. The summed E-state index contributed by atoms with van der Waals surface area (Å²) in [4.78, 5) is 120. The van der Waals surface area contributed by atoms with Crippen molar-refractivity contribution in [2.75, 3.05) is 13.1 Å². The first-order valence-corrected chi connectivity index (χ1v) is 26.2. The van der Waals surface area contributed by atoms with E-state index in [1.165, 1.54) is 18.2 Å². The van der Waals surface area contributed by atoms with Crippen LogP contribution >= 0.6 is 0 Å². The molecule has 0 radical (unpaired) electrons. The standard InChI is InChI=1S/C55H65N9O11/c1-2-40(65)15-7-4-8-17-43-49(67)57-38(32-35-13-5-3-6-14-35)23-22-37(52(70)63-30-12-18-44(63)50(68)58-43)31-36-20-24-41(25-21-36)74-34-39-33-62(61-60-39)29-10-9-28-56-55(73)75-46-19-11-16-42-48(46)54(72)64(53(42)71)45-26-27-47(66)59-51(45)69/h3,5-6,11,13-14,16,19-21,24-25,33,37-38,43-45H,2,4,7-10,12,15,17-18,22-23,26-32,34H2,1H3,(H,56,73)(H,57,67)(H,58,68)(H,59,66,69)/t37-,38+,43-,44+,45?/m0/s1. The molecule has 3 aromatic carbocycles.